The molecule has 0 radical (unpaired) electrons. The number of alkyl carbamates (subject to hydrolysis) is 1. The van der Waals surface area contributed by atoms with E-state index < -0.39 is 42.1 Å². The number of carbonyl (C=O) groups excluding carboxylic acids is 1. The zero-order valence-corrected chi connectivity index (χ0v) is 19.2. The highest BCUT2D eigenvalue weighted by molar-refractivity contribution is 6.56. The third-order valence-electron chi connectivity index (χ3n) is 4.95. The van der Waals surface area contributed by atoms with Crippen LogP contribution in [-0.2, 0) is 14.0 Å². The Morgan fingerprint density at radius 3 is 2.22 bits per heavy atom. The molecule has 1 saturated heterocycles. The van der Waals surface area contributed by atoms with Crippen LogP contribution < -0.4 is 10.1 Å². The molecule has 0 aliphatic carbocycles. The quantitative estimate of drug-likeness (QED) is 0.614. The molecule has 1 aromatic rings. The van der Waals surface area contributed by atoms with Gasteiger partial charge < -0.3 is 29.2 Å². The van der Waals surface area contributed by atoms with Gasteiger partial charge in [-0.1, -0.05) is 6.08 Å². The van der Waals surface area contributed by atoms with E-state index in [9.17, 15) is 23.1 Å². The van der Waals surface area contributed by atoms with E-state index in [1.165, 1.54) is 6.08 Å². The number of benzene rings is 1. The van der Waals surface area contributed by atoms with Gasteiger partial charge in [0.05, 0.1) is 11.2 Å². The summed E-state index contributed by atoms with van der Waals surface area (Å²) in [5.41, 5.74) is -1.97. The van der Waals surface area contributed by atoms with Crippen LogP contribution in [0.2, 0.25) is 0 Å². The van der Waals surface area contributed by atoms with Crippen LogP contribution in [0, 0.1) is 0 Å². The summed E-state index contributed by atoms with van der Waals surface area (Å²) >= 11 is 0. The van der Waals surface area contributed by atoms with Crippen molar-refractivity contribution < 1.29 is 41.9 Å². The fourth-order valence-electron chi connectivity index (χ4n) is 2.75. The van der Waals surface area contributed by atoms with Gasteiger partial charge in [0.15, 0.2) is 0 Å². The molecule has 1 aliphatic rings. The SMILES string of the molecule is CC(C)(C)OC(=O)NCC(=Cc1cc(O)ccc1OC(F)(F)F)B1OC(C)(C)C(C)(C)O1. The maximum Gasteiger partial charge on any atom is 0.573 e. The Labute approximate surface area is 186 Å². The van der Waals surface area contributed by atoms with Crippen LogP contribution in [0.5, 0.6) is 11.5 Å². The number of phenols is 1. The number of ether oxygens (including phenoxy) is 2. The number of amides is 1. The number of hydrogen-bond acceptors (Lipinski definition) is 6. The zero-order valence-electron chi connectivity index (χ0n) is 19.2. The third kappa shape index (κ3) is 7.06. The molecule has 0 aromatic heterocycles. The van der Waals surface area contributed by atoms with E-state index in [1.807, 2.05) is 27.7 Å². The second-order valence-corrected chi connectivity index (χ2v) is 9.43. The first kappa shape index (κ1) is 25.9. The average Bonchev–Trinajstić information content (AvgIpc) is 2.78. The molecule has 0 unspecified atom stereocenters. The predicted molar refractivity (Wildman–Crippen MR) is 113 cm³/mol. The molecule has 2 N–H and O–H groups in total. The zero-order chi connectivity index (χ0) is 24.5. The van der Waals surface area contributed by atoms with Crippen molar-refractivity contribution in [2.75, 3.05) is 6.54 Å². The Kier molecular flexibility index (Phi) is 7.16. The van der Waals surface area contributed by atoms with E-state index in [0.29, 0.717) is 5.47 Å². The van der Waals surface area contributed by atoms with Crippen molar-refractivity contribution in [2.45, 2.75) is 71.6 Å². The molecular weight excluding hydrogens is 430 g/mol. The maximum atomic E-state index is 12.8. The van der Waals surface area contributed by atoms with Gasteiger partial charge in [-0.15, -0.1) is 13.2 Å². The predicted octanol–water partition coefficient (Wildman–Crippen LogP) is 4.83. The molecule has 0 saturated carbocycles. The number of hydrogen-bond donors (Lipinski definition) is 2. The summed E-state index contributed by atoms with van der Waals surface area (Å²) in [5, 5.41) is 12.4. The highest BCUT2D eigenvalue weighted by Crippen LogP contribution is 2.39. The normalized spacial score (nSPS) is 18.4. The number of alkyl halides is 3. The lowest BCUT2D eigenvalue weighted by molar-refractivity contribution is -0.274. The first-order chi connectivity index (χ1) is 14.4. The van der Waals surface area contributed by atoms with Gasteiger partial charge in [-0.05, 0) is 72.1 Å². The molecule has 11 heteroatoms. The molecule has 2 rings (SSSR count). The number of nitrogens with one attached hydrogen (secondary N) is 1. The van der Waals surface area contributed by atoms with Gasteiger partial charge >= 0.3 is 19.6 Å². The molecule has 32 heavy (non-hydrogen) atoms. The number of aromatic hydroxyl groups is 1. The fourth-order valence-corrected chi connectivity index (χ4v) is 2.75. The van der Waals surface area contributed by atoms with Crippen molar-refractivity contribution in [1.82, 2.24) is 5.32 Å². The summed E-state index contributed by atoms with van der Waals surface area (Å²) in [5.74, 6) is -0.791. The Balaban J connectivity index is 2.42. The number of halogens is 3. The number of carbonyl (C=O) groups is 1. The Morgan fingerprint density at radius 2 is 1.72 bits per heavy atom. The highest BCUT2D eigenvalue weighted by Gasteiger charge is 2.52. The van der Waals surface area contributed by atoms with Crippen molar-refractivity contribution in [3.8, 4) is 11.5 Å². The van der Waals surface area contributed by atoms with E-state index in [4.69, 9.17) is 14.0 Å². The summed E-state index contributed by atoms with van der Waals surface area (Å²) < 4.78 is 59.8. The second-order valence-electron chi connectivity index (χ2n) is 9.43. The van der Waals surface area contributed by atoms with Crippen LogP contribution >= 0.6 is 0 Å². The van der Waals surface area contributed by atoms with Crippen molar-refractivity contribution >= 4 is 19.3 Å². The molecule has 1 aromatic carbocycles. The molecule has 0 atom stereocenters. The van der Waals surface area contributed by atoms with E-state index in [-0.39, 0.29) is 17.9 Å². The van der Waals surface area contributed by atoms with Crippen LogP contribution in [0.1, 0.15) is 54.0 Å². The summed E-state index contributed by atoms with van der Waals surface area (Å²) in [4.78, 5) is 12.1. The lowest BCUT2D eigenvalue weighted by Gasteiger charge is -2.32. The van der Waals surface area contributed by atoms with Gasteiger partial charge in [-0.25, -0.2) is 4.79 Å². The molecule has 178 valence electrons. The number of rotatable bonds is 5. The van der Waals surface area contributed by atoms with Gasteiger partial charge in [-0.3, -0.25) is 0 Å². The number of phenolic OH excluding ortho intramolecular Hbond substituents is 1. The molecule has 7 nitrogen and oxygen atoms in total. The smallest absolute Gasteiger partial charge is 0.508 e. The minimum atomic E-state index is -4.93. The van der Waals surface area contributed by atoms with Crippen LogP contribution in [0.25, 0.3) is 6.08 Å². The summed E-state index contributed by atoms with van der Waals surface area (Å²) in [6.45, 7) is 12.2. The van der Waals surface area contributed by atoms with E-state index in [2.05, 4.69) is 10.1 Å². The van der Waals surface area contributed by atoms with E-state index >= 15 is 0 Å². The lowest BCUT2D eigenvalue weighted by atomic mass is 9.77. The van der Waals surface area contributed by atoms with Gasteiger partial charge in [0.25, 0.3) is 0 Å². The van der Waals surface area contributed by atoms with Crippen LogP contribution in [0.3, 0.4) is 0 Å². The van der Waals surface area contributed by atoms with Gasteiger partial charge in [0, 0.05) is 12.1 Å². The average molecular weight is 459 g/mol. The minimum absolute atomic E-state index is 0.0713. The monoisotopic (exact) mass is 459 g/mol. The largest absolute Gasteiger partial charge is 0.573 e. The maximum absolute atomic E-state index is 12.8. The topological polar surface area (TPSA) is 86.3 Å². The molecule has 1 aliphatic heterocycles. The second kappa shape index (κ2) is 8.86. The molecule has 1 fully saturated rings. The molecule has 1 amide bonds. The first-order valence-corrected chi connectivity index (χ1v) is 10.0. The summed E-state index contributed by atoms with van der Waals surface area (Å²) in [7, 11) is -0.976. The van der Waals surface area contributed by atoms with Gasteiger partial charge in [0.2, 0.25) is 0 Å². The third-order valence-corrected chi connectivity index (χ3v) is 4.95. The Hall–Kier alpha value is -2.40. The van der Waals surface area contributed by atoms with Crippen molar-refractivity contribution in [3.05, 3.63) is 29.2 Å². The van der Waals surface area contributed by atoms with E-state index in [0.717, 1.165) is 18.2 Å². The summed E-state index contributed by atoms with van der Waals surface area (Å²) in [6, 6.07) is 3.18. The molecule has 0 bridgehead atoms. The highest BCUT2D eigenvalue weighted by atomic mass is 19.4. The fraction of sp³-hybridized carbons (Fsp3) is 0.571. The molecule has 1 heterocycles. The minimum Gasteiger partial charge on any atom is -0.508 e. The Bertz CT molecular complexity index is 861. The van der Waals surface area contributed by atoms with Gasteiger partial charge in [-0.2, -0.15) is 0 Å². The van der Waals surface area contributed by atoms with Crippen molar-refractivity contribution in [2.24, 2.45) is 0 Å². The molecule has 0 spiro atoms. The van der Waals surface area contributed by atoms with E-state index in [1.54, 1.807) is 20.8 Å². The van der Waals surface area contributed by atoms with Crippen LogP contribution in [0.4, 0.5) is 18.0 Å². The van der Waals surface area contributed by atoms with Crippen LogP contribution in [-0.4, -0.2) is 48.0 Å². The lowest BCUT2D eigenvalue weighted by Crippen LogP contribution is -2.41. The standard InChI is InChI=1S/C21H29BF3NO6/c1-18(2,3)30-17(28)26-12-14(22-31-19(4,5)20(6,7)32-22)10-13-11-15(27)8-9-16(13)29-21(23,24)25/h8-11,27H,12H2,1-7H3,(H,26,28). The van der Waals surface area contributed by atoms with Crippen molar-refractivity contribution in [3.63, 3.8) is 0 Å². The first-order valence-electron chi connectivity index (χ1n) is 10.0. The van der Waals surface area contributed by atoms with Crippen LogP contribution in [0.15, 0.2) is 23.7 Å². The van der Waals surface area contributed by atoms with Crippen molar-refractivity contribution in [1.29, 1.82) is 0 Å². The molecular formula is C21H29BF3NO6. The summed E-state index contributed by atoms with van der Waals surface area (Å²) in [6.07, 6.45) is -4.33. The van der Waals surface area contributed by atoms with Gasteiger partial charge in [0.1, 0.15) is 17.1 Å². The Morgan fingerprint density at radius 1 is 1.16 bits per heavy atom.